The number of carbonyl (C=O) groups is 2. The third-order valence-electron chi connectivity index (χ3n) is 3.00. The van der Waals surface area contributed by atoms with Gasteiger partial charge in [-0.3, -0.25) is 9.21 Å². The Hall–Kier alpha value is -2.60. The maximum absolute atomic E-state index is 11.9. The molecule has 1 aliphatic rings. The molecular weight excluding hydrogens is 304 g/mol. The van der Waals surface area contributed by atoms with E-state index in [-0.39, 0.29) is 17.2 Å². The summed E-state index contributed by atoms with van der Waals surface area (Å²) in [5.74, 6) is -0.301. The molecule has 6 nitrogen and oxygen atoms in total. The van der Waals surface area contributed by atoms with Crippen molar-refractivity contribution in [2.75, 3.05) is 16.8 Å². The summed E-state index contributed by atoms with van der Waals surface area (Å²) in [7, 11) is 1.70. The van der Waals surface area contributed by atoms with Crippen LogP contribution in [0.5, 0.6) is 0 Å². The Bertz CT molecular complexity index is 690. The summed E-state index contributed by atoms with van der Waals surface area (Å²) in [5, 5.41) is 12.6. The normalized spacial score (nSPS) is 14.1. The van der Waals surface area contributed by atoms with Gasteiger partial charge in [-0.15, -0.1) is 0 Å². The van der Waals surface area contributed by atoms with Gasteiger partial charge in [0.05, 0.1) is 17.1 Å². The van der Waals surface area contributed by atoms with Crippen molar-refractivity contribution in [2.24, 2.45) is 0 Å². The quantitative estimate of drug-likeness (QED) is 0.591. The molecule has 0 spiro atoms. The first-order chi connectivity index (χ1) is 10.4. The van der Waals surface area contributed by atoms with E-state index in [0.29, 0.717) is 11.3 Å². The van der Waals surface area contributed by atoms with Gasteiger partial charge in [-0.2, -0.15) is 0 Å². The summed E-state index contributed by atoms with van der Waals surface area (Å²) in [6.07, 6.45) is 2.77. The molecule has 7 heteroatoms. The summed E-state index contributed by atoms with van der Waals surface area (Å²) >= 11 is 5.80. The van der Waals surface area contributed by atoms with Crippen molar-refractivity contribution in [3.63, 3.8) is 0 Å². The smallest absolute Gasteiger partial charge is 0.308 e. The number of carbonyl (C=O) groups excluding carboxylic acids is 2. The summed E-state index contributed by atoms with van der Waals surface area (Å²) in [6, 6.07) is 6.33. The monoisotopic (exact) mass is 318 g/mol. The van der Waals surface area contributed by atoms with E-state index in [1.165, 1.54) is 16.6 Å². The highest BCUT2D eigenvalue weighted by Gasteiger charge is 2.19. The van der Waals surface area contributed by atoms with Crippen molar-refractivity contribution < 1.29 is 9.59 Å². The Morgan fingerprint density at radius 2 is 1.82 bits per heavy atom. The second-order valence-electron chi connectivity index (χ2n) is 4.77. The Morgan fingerprint density at radius 1 is 1.18 bits per heavy atom. The molecule has 0 unspecified atom stereocenters. The van der Waals surface area contributed by atoms with E-state index in [1.54, 1.807) is 38.2 Å². The molecule has 114 valence electrons. The number of halogens is 1. The van der Waals surface area contributed by atoms with Crippen LogP contribution in [0.4, 0.5) is 16.2 Å². The number of benzene rings is 1. The molecule has 0 radical (unpaired) electrons. The molecule has 0 heterocycles. The van der Waals surface area contributed by atoms with Gasteiger partial charge in [-0.05, 0) is 43.3 Å². The van der Waals surface area contributed by atoms with E-state index in [2.05, 4.69) is 10.6 Å². The van der Waals surface area contributed by atoms with Gasteiger partial charge >= 0.3 is 6.03 Å². The lowest BCUT2D eigenvalue weighted by molar-refractivity contribution is -0.112. The highest BCUT2D eigenvalue weighted by atomic mass is 35.5. The number of hydrogen-bond acceptors (Lipinski definition) is 4. The fraction of sp³-hybridized carbons (Fsp3) is 0.133. The molecule has 0 atom stereocenters. The van der Waals surface area contributed by atoms with Crippen LogP contribution in [0.25, 0.3) is 0 Å². The summed E-state index contributed by atoms with van der Waals surface area (Å²) in [5.41, 5.74) is 2.01. The zero-order chi connectivity index (χ0) is 16.3. The fourth-order valence-electron chi connectivity index (χ4n) is 1.90. The Balaban J connectivity index is 2.01. The topological polar surface area (TPSA) is 85.3 Å². The minimum atomic E-state index is -0.547. The molecule has 0 saturated heterocycles. The fourth-order valence-corrected chi connectivity index (χ4v) is 2.01. The van der Waals surface area contributed by atoms with Gasteiger partial charge in [0.2, 0.25) is 5.78 Å². The maximum atomic E-state index is 11.9. The highest BCUT2D eigenvalue weighted by Crippen LogP contribution is 2.18. The van der Waals surface area contributed by atoms with Crippen LogP contribution in [0.3, 0.4) is 0 Å². The van der Waals surface area contributed by atoms with Crippen molar-refractivity contribution in [1.82, 2.24) is 5.32 Å². The number of rotatable bonds is 3. The van der Waals surface area contributed by atoms with E-state index < -0.39 is 6.03 Å². The van der Waals surface area contributed by atoms with Gasteiger partial charge < -0.3 is 16.0 Å². The molecular formula is C15H15ClN4O2. The lowest BCUT2D eigenvalue weighted by Crippen LogP contribution is -2.33. The number of hydrogen-bond donors (Lipinski definition) is 3. The molecule has 1 aliphatic carbocycles. The van der Waals surface area contributed by atoms with E-state index in [0.717, 1.165) is 5.69 Å². The van der Waals surface area contributed by atoms with E-state index in [4.69, 9.17) is 17.2 Å². The van der Waals surface area contributed by atoms with Gasteiger partial charge in [0.25, 0.3) is 0 Å². The van der Waals surface area contributed by atoms with Crippen molar-refractivity contribution in [2.45, 2.75) is 6.92 Å². The van der Waals surface area contributed by atoms with E-state index in [9.17, 15) is 9.59 Å². The summed E-state index contributed by atoms with van der Waals surface area (Å²) in [4.78, 5) is 23.8. The van der Waals surface area contributed by atoms with Gasteiger partial charge in [-0.1, -0.05) is 0 Å². The van der Waals surface area contributed by atoms with Gasteiger partial charge in [0, 0.05) is 30.1 Å². The van der Waals surface area contributed by atoms with Gasteiger partial charge in [0.1, 0.15) is 0 Å². The average molecular weight is 319 g/mol. The second-order valence-corrected chi connectivity index (χ2v) is 5.28. The zero-order valence-corrected chi connectivity index (χ0v) is 12.9. The molecule has 0 aromatic heterocycles. The van der Waals surface area contributed by atoms with Crippen molar-refractivity contribution in [3.8, 4) is 0 Å². The molecule has 2 rings (SSSR count). The maximum Gasteiger partial charge on any atom is 0.323 e. The third-order valence-corrected chi connectivity index (χ3v) is 3.20. The van der Waals surface area contributed by atoms with Gasteiger partial charge in [-0.25, -0.2) is 4.79 Å². The number of ketones is 1. The first-order valence-electron chi connectivity index (χ1n) is 6.47. The molecule has 3 N–H and O–H groups in total. The zero-order valence-electron chi connectivity index (χ0n) is 12.1. The molecule has 22 heavy (non-hydrogen) atoms. The Labute approximate surface area is 133 Å². The summed E-state index contributed by atoms with van der Waals surface area (Å²) in [6.45, 7) is 1.60. The van der Waals surface area contributed by atoms with Crippen molar-refractivity contribution in [3.05, 3.63) is 47.7 Å². The lowest BCUT2D eigenvalue weighted by atomic mass is 10.0. The highest BCUT2D eigenvalue weighted by molar-refractivity contribution is 6.25. The predicted octanol–water partition coefficient (Wildman–Crippen LogP) is 2.83. The van der Waals surface area contributed by atoms with Crippen LogP contribution in [0, 0.1) is 5.41 Å². The molecule has 1 aromatic carbocycles. The van der Waals surface area contributed by atoms with Crippen molar-refractivity contribution in [1.29, 1.82) is 5.41 Å². The Kier molecular flexibility index (Phi) is 4.62. The Morgan fingerprint density at radius 3 is 2.41 bits per heavy atom. The van der Waals surface area contributed by atoms with Crippen LogP contribution in [-0.2, 0) is 4.79 Å². The third kappa shape index (κ3) is 3.73. The van der Waals surface area contributed by atoms with Gasteiger partial charge in [0.15, 0.2) is 0 Å². The van der Waals surface area contributed by atoms with E-state index in [1.807, 2.05) is 0 Å². The number of urea groups is 1. The van der Waals surface area contributed by atoms with E-state index >= 15 is 0 Å². The minimum absolute atomic E-state index is 0.0830. The molecule has 0 saturated carbocycles. The average Bonchev–Trinajstić information content (AvgIpc) is 2.44. The summed E-state index contributed by atoms with van der Waals surface area (Å²) < 4.78 is 1.43. The van der Waals surface area contributed by atoms with Crippen molar-refractivity contribution >= 4 is 40.7 Å². The largest absolute Gasteiger partial charge is 0.323 e. The minimum Gasteiger partial charge on any atom is -0.308 e. The molecule has 1 aromatic rings. The lowest BCUT2D eigenvalue weighted by Gasteiger charge is -2.14. The number of allylic oxidation sites excluding steroid dienone is 3. The first-order valence-corrected chi connectivity index (χ1v) is 6.81. The number of amides is 2. The second kappa shape index (κ2) is 6.44. The molecule has 0 fully saturated rings. The predicted molar refractivity (Wildman–Crippen MR) is 87.4 cm³/mol. The SMILES string of the molecule is CC1=CC(=N)C=C(NC(=O)Nc2ccc(N(C)Cl)cc2)C1=O. The molecule has 0 aliphatic heterocycles. The van der Waals surface area contributed by atoms with Crippen LogP contribution in [0.1, 0.15) is 6.92 Å². The number of nitrogens with one attached hydrogen (secondary N) is 3. The number of nitrogens with zero attached hydrogens (tertiary/aromatic N) is 1. The van der Waals surface area contributed by atoms with Crippen LogP contribution in [0.15, 0.2) is 47.7 Å². The number of Topliss-reactive ketones (excluding diaryl/α,β-unsaturated/α-hetero) is 1. The van der Waals surface area contributed by atoms with Crippen LogP contribution >= 0.6 is 11.8 Å². The number of anilines is 2. The van der Waals surface area contributed by atoms with Crippen LogP contribution < -0.4 is 15.1 Å². The molecule has 2 amide bonds. The standard InChI is InChI=1S/C15H15ClN4O2/c1-9-7-10(17)8-13(14(9)21)19-15(22)18-11-3-5-12(6-4-11)20(2)16/h3-8,17H,1-2H3,(H2,18,19,22). The van der Waals surface area contributed by atoms with Crippen LogP contribution in [-0.4, -0.2) is 24.6 Å². The molecule has 0 bridgehead atoms. The first kappa shape index (κ1) is 15.8. The van der Waals surface area contributed by atoms with Crippen LogP contribution in [0.2, 0.25) is 0 Å².